The monoisotopic (exact) mass is 219 g/mol. The average molecular weight is 219 g/mol. The summed E-state index contributed by atoms with van der Waals surface area (Å²) >= 11 is 0. The second kappa shape index (κ2) is 4.57. The summed E-state index contributed by atoms with van der Waals surface area (Å²) in [5, 5.41) is 0. The highest BCUT2D eigenvalue weighted by Gasteiger charge is 2.22. The molecule has 0 saturated carbocycles. The predicted octanol–water partition coefficient (Wildman–Crippen LogP) is 4.46. The van der Waals surface area contributed by atoms with Crippen molar-refractivity contribution in [2.45, 2.75) is 65.2 Å². The molecule has 0 aliphatic rings. The summed E-state index contributed by atoms with van der Waals surface area (Å²) in [7, 11) is 0. The Morgan fingerprint density at radius 1 is 1.12 bits per heavy atom. The third-order valence-electron chi connectivity index (χ3n) is 3.18. The molecule has 0 radical (unpaired) electrons. The zero-order valence-corrected chi connectivity index (χ0v) is 11.6. The first kappa shape index (κ1) is 13.2. The molecule has 0 N–H and O–H groups in total. The second-order valence-corrected chi connectivity index (χ2v) is 6.31. The van der Waals surface area contributed by atoms with Gasteiger partial charge in [-0.2, -0.15) is 0 Å². The zero-order chi connectivity index (χ0) is 12.4. The molecule has 0 aromatic carbocycles. The highest BCUT2D eigenvalue weighted by Crippen LogP contribution is 2.30. The van der Waals surface area contributed by atoms with E-state index in [9.17, 15) is 0 Å². The smallest absolute Gasteiger partial charge is 0.0459 e. The molecule has 1 aromatic heterocycles. The fourth-order valence-electron chi connectivity index (χ4n) is 2.03. The van der Waals surface area contributed by atoms with Crippen molar-refractivity contribution in [3.63, 3.8) is 0 Å². The lowest BCUT2D eigenvalue weighted by molar-refractivity contribution is 0.469. The average Bonchev–Trinajstić information content (AvgIpc) is 2.16. The van der Waals surface area contributed by atoms with Crippen molar-refractivity contribution in [2.75, 3.05) is 0 Å². The Morgan fingerprint density at radius 3 is 2.25 bits per heavy atom. The first-order valence-electron chi connectivity index (χ1n) is 6.24. The van der Waals surface area contributed by atoms with Gasteiger partial charge in [-0.3, -0.25) is 4.98 Å². The number of aromatic nitrogens is 1. The van der Waals surface area contributed by atoms with Crippen LogP contribution >= 0.6 is 0 Å². The summed E-state index contributed by atoms with van der Waals surface area (Å²) in [4.78, 5) is 4.48. The Morgan fingerprint density at radius 2 is 1.75 bits per heavy atom. The van der Waals surface area contributed by atoms with E-state index < -0.39 is 0 Å². The maximum Gasteiger partial charge on any atom is 0.0459 e. The van der Waals surface area contributed by atoms with Crippen LogP contribution in [0.2, 0.25) is 0 Å². The molecule has 0 spiro atoms. The van der Waals surface area contributed by atoms with Gasteiger partial charge in [-0.25, -0.2) is 0 Å². The Bertz CT molecular complexity index is 345. The van der Waals surface area contributed by atoms with Crippen molar-refractivity contribution in [2.24, 2.45) is 0 Å². The highest BCUT2D eigenvalue weighted by atomic mass is 14.7. The topological polar surface area (TPSA) is 12.9 Å². The van der Waals surface area contributed by atoms with Crippen molar-refractivity contribution in [3.05, 3.63) is 29.6 Å². The van der Waals surface area contributed by atoms with Crippen molar-refractivity contribution < 1.29 is 0 Å². The van der Waals surface area contributed by atoms with Gasteiger partial charge in [-0.1, -0.05) is 48.0 Å². The normalized spacial score (nSPS) is 12.9. The van der Waals surface area contributed by atoms with E-state index >= 15 is 0 Å². The number of rotatable bonds is 3. The van der Waals surface area contributed by atoms with Crippen LogP contribution in [0, 0.1) is 0 Å². The van der Waals surface area contributed by atoms with Crippen LogP contribution in [0.4, 0.5) is 0 Å². The lowest BCUT2D eigenvalue weighted by Crippen LogP contribution is -2.20. The molecule has 0 aliphatic carbocycles. The van der Waals surface area contributed by atoms with Gasteiger partial charge in [0.25, 0.3) is 0 Å². The first-order valence-corrected chi connectivity index (χ1v) is 6.24. The number of hydrogen-bond donors (Lipinski definition) is 0. The fourth-order valence-corrected chi connectivity index (χ4v) is 2.03. The number of pyridine rings is 1. The molecule has 1 heteroatoms. The van der Waals surface area contributed by atoms with E-state index in [0.717, 1.165) is 0 Å². The zero-order valence-electron chi connectivity index (χ0n) is 11.6. The molecule has 0 saturated heterocycles. The van der Waals surface area contributed by atoms with Crippen LogP contribution in [0.1, 0.15) is 65.6 Å². The largest absolute Gasteiger partial charge is 0.261 e. The van der Waals surface area contributed by atoms with E-state index in [2.05, 4.69) is 58.7 Å². The first-order chi connectivity index (χ1) is 7.27. The van der Waals surface area contributed by atoms with Crippen LogP contribution < -0.4 is 0 Å². The molecular formula is C15H25N. The molecule has 1 nitrogen and oxygen atoms in total. The molecule has 0 aliphatic heterocycles. The summed E-state index contributed by atoms with van der Waals surface area (Å²) < 4.78 is 0. The van der Waals surface area contributed by atoms with Crippen molar-refractivity contribution in [3.8, 4) is 0 Å². The van der Waals surface area contributed by atoms with Gasteiger partial charge in [0.05, 0.1) is 0 Å². The summed E-state index contributed by atoms with van der Waals surface area (Å²) in [5.74, 6) is 0. The van der Waals surface area contributed by atoms with Crippen molar-refractivity contribution in [1.29, 1.82) is 0 Å². The molecular weight excluding hydrogens is 194 g/mol. The molecule has 16 heavy (non-hydrogen) atoms. The molecule has 90 valence electrons. The van der Waals surface area contributed by atoms with E-state index in [4.69, 9.17) is 0 Å². The van der Waals surface area contributed by atoms with E-state index in [0.29, 0.717) is 0 Å². The lowest BCUT2D eigenvalue weighted by Gasteiger charge is -2.27. The maximum absolute atomic E-state index is 4.48. The van der Waals surface area contributed by atoms with Crippen LogP contribution in [0.3, 0.4) is 0 Å². The summed E-state index contributed by atoms with van der Waals surface area (Å²) in [6.45, 7) is 13.5. The summed E-state index contributed by atoms with van der Waals surface area (Å²) in [5.41, 5.74) is 3.00. The van der Waals surface area contributed by atoms with E-state index in [1.165, 1.54) is 24.1 Å². The molecule has 0 amide bonds. The van der Waals surface area contributed by atoms with Crippen LogP contribution in [0.5, 0.6) is 0 Å². The minimum atomic E-state index is 0.137. The molecule has 0 unspecified atom stereocenters. The highest BCUT2D eigenvalue weighted by molar-refractivity contribution is 5.27. The van der Waals surface area contributed by atoms with Gasteiger partial charge in [-0.05, 0) is 29.5 Å². The summed E-state index contributed by atoms with van der Waals surface area (Å²) in [6, 6.07) is 4.43. The Kier molecular flexibility index (Phi) is 3.77. The van der Waals surface area contributed by atoms with Crippen LogP contribution in [-0.2, 0) is 10.8 Å². The number of hydrogen-bond acceptors (Lipinski definition) is 1. The molecule has 0 atom stereocenters. The van der Waals surface area contributed by atoms with E-state index in [1.54, 1.807) is 0 Å². The molecule has 0 fully saturated rings. The standard InChI is InChI=1S/C15H25N/c1-7-9-15(5,6)12-8-10-16-13(11-12)14(2,3)4/h8,10-11H,7,9H2,1-6H3. The van der Waals surface area contributed by atoms with Crippen LogP contribution in [-0.4, -0.2) is 4.98 Å². The quantitative estimate of drug-likeness (QED) is 0.731. The maximum atomic E-state index is 4.48. The van der Waals surface area contributed by atoms with Gasteiger partial charge in [0.15, 0.2) is 0 Å². The third-order valence-corrected chi connectivity index (χ3v) is 3.18. The van der Waals surface area contributed by atoms with Gasteiger partial charge in [0.1, 0.15) is 0 Å². The van der Waals surface area contributed by atoms with Gasteiger partial charge in [0.2, 0.25) is 0 Å². The molecule has 1 rings (SSSR count). The van der Waals surface area contributed by atoms with Crippen LogP contribution in [0.15, 0.2) is 18.3 Å². The van der Waals surface area contributed by atoms with Gasteiger partial charge >= 0.3 is 0 Å². The van der Waals surface area contributed by atoms with Crippen molar-refractivity contribution in [1.82, 2.24) is 4.98 Å². The molecule has 0 bridgehead atoms. The fraction of sp³-hybridized carbons (Fsp3) is 0.667. The Labute approximate surface area is 100 Å². The molecule has 1 heterocycles. The SMILES string of the molecule is CCCC(C)(C)c1ccnc(C(C)(C)C)c1. The Hall–Kier alpha value is -0.850. The van der Waals surface area contributed by atoms with E-state index in [1.807, 2.05) is 6.20 Å². The predicted molar refractivity (Wildman–Crippen MR) is 70.9 cm³/mol. The van der Waals surface area contributed by atoms with Gasteiger partial charge in [-0.15, -0.1) is 0 Å². The summed E-state index contributed by atoms with van der Waals surface area (Å²) in [6.07, 6.45) is 4.40. The minimum Gasteiger partial charge on any atom is -0.261 e. The van der Waals surface area contributed by atoms with E-state index in [-0.39, 0.29) is 10.8 Å². The Balaban J connectivity index is 3.08. The third kappa shape index (κ3) is 3.07. The second-order valence-electron chi connectivity index (χ2n) is 6.31. The number of nitrogens with zero attached hydrogens (tertiary/aromatic N) is 1. The van der Waals surface area contributed by atoms with Gasteiger partial charge < -0.3 is 0 Å². The minimum absolute atomic E-state index is 0.137. The lowest BCUT2D eigenvalue weighted by atomic mass is 9.79. The molecule has 1 aromatic rings. The van der Waals surface area contributed by atoms with Gasteiger partial charge in [0, 0.05) is 17.3 Å². The van der Waals surface area contributed by atoms with Crippen molar-refractivity contribution >= 4 is 0 Å². The van der Waals surface area contributed by atoms with Crippen LogP contribution in [0.25, 0.3) is 0 Å².